The van der Waals surface area contributed by atoms with Crippen LogP contribution in [-0.2, 0) is 24.1 Å². The van der Waals surface area contributed by atoms with Crippen LogP contribution in [0.15, 0.2) is 0 Å². The number of hydrogen-bond acceptors (Lipinski definition) is 5. The predicted octanol–water partition coefficient (Wildman–Crippen LogP) is 5.57. The van der Waals surface area contributed by atoms with Gasteiger partial charge in [0.15, 0.2) is 0 Å². The molecule has 180 valence electrons. The van der Waals surface area contributed by atoms with Crippen LogP contribution in [0.2, 0.25) is 0 Å². The summed E-state index contributed by atoms with van der Waals surface area (Å²) < 4.78 is 43.1. The zero-order valence-corrected chi connectivity index (χ0v) is 21.2. The predicted molar refractivity (Wildman–Crippen MR) is 120 cm³/mol. The third-order valence-corrected chi connectivity index (χ3v) is 10.2. The quantitative estimate of drug-likeness (QED) is 0.439. The minimum atomic E-state index is -4.46. The fraction of sp³-hybridized carbons (Fsp3) is 0.958. The van der Waals surface area contributed by atoms with E-state index in [2.05, 4.69) is 34.6 Å². The molecule has 1 N–H and O–H groups in total. The molecule has 0 aromatic heterocycles. The Labute approximate surface area is 188 Å². The number of ether oxygens (including phenoxy) is 1. The Morgan fingerprint density at radius 1 is 0.871 bits per heavy atom. The second kappa shape index (κ2) is 7.98. The summed E-state index contributed by atoms with van der Waals surface area (Å²) in [6.07, 6.45) is 6.63. The zero-order chi connectivity index (χ0) is 23.5. The average molecular weight is 459 g/mol. The van der Waals surface area contributed by atoms with Gasteiger partial charge in [-0.05, 0) is 80.0 Å². The highest BCUT2D eigenvalue weighted by Gasteiger charge is 2.67. The van der Waals surface area contributed by atoms with Gasteiger partial charge in [0.05, 0.1) is 6.10 Å². The van der Waals surface area contributed by atoms with Crippen molar-refractivity contribution in [1.82, 2.24) is 0 Å². The highest BCUT2D eigenvalue weighted by molar-refractivity contribution is 7.80. The van der Waals surface area contributed by atoms with Gasteiger partial charge in [-0.15, -0.1) is 0 Å². The van der Waals surface area contributed by atoms with Gasteiger partial charge in [-0.25, -0.2) is 4.18 Å². The summed E-state index contributed by atoms with van der Waals surface area (Å²) in [6.45, 7) is 15.1. The second-order valence-corrected chi connectivity index (χ2v) is 12.5. The summed E-state index contributed by atoms with van der Waals surface area (Å²) in [7, 11) is -4.46. The first-order valence-electron chi connectivity index (χ1n) is 12.1. The molecule has 4 rings (SSSR count). The van der Waals surface area contributed by atoms with E-state index in [1.807, 2.05) is 13.8 Å². The van der Waals surface area contributed by atoms with Crippen molar-refractivity contribution in [2.45, 2.75) is 112 Å². The molecule has 1 heterocycles. The smallest absolute Gasteiger partial charge is 0.397 e. The van der Waals surface area contributed by atoms with Crippen LogP contribution in [0.5, 0.6) is 0 Å². The van der Waals surface area contributed by atoms with Crippen molar-refractivity contribution in [3.05, 3.63) is 0 Å². The summed E-state index contributed by atoms with van der Waals surface area (Å²) in [5.74, 6) is 1.15. The van der Waals surface area contributed by atoms with Crippen molar-refractivity contribution >= 4 is 16.4 Å². The van der Waals surface area contributed by atoms with Crippen LogP contribution in [0.25, 0.3) is 0 Å². The largest absolute Gasteiger partial charge is 0.459 e. The molecule has 4 aliphatic rings. The van der Waals surface area contributed by atoms with Crippen molar-refractivity contribution in [3.8, 4) is 0 Å². The molecule has 0 aromatic rings. The maximum absolute atomic E-state index is 11.9. The summed E-state index contributed by atoms with van der Waals surface area (Å²) in [4.78, 5) is 11.9. The summed E-state index contributed by atoms with van der Waals surface area (Å²) in [5, 5.41) is 0. The molecule has 31 heavy (non-hydrogen) atoms. The van der Waals surface area contributed by atoms with Gasteiger partial charge < -0.3 is 4.74 Å². The Kier molecular flexibility index (Phi) is 6.43. The topological polar surface area (TPSA) is 89.9 Å². The van der Waals surface area contributed by atoms with Crippen molar-refractivity contribution < 1.29 is 26.7 Å². The molecule has 0 spiro atoms. The maximum Gasteiger partial charge on any atom is 0.397 e. The summed E-state index contributed by atoms with van der Waals surface area (Å²) in [5.41, 5.74) is -0.489. The lowest BCUT2D eigenvalue weighted by Gasteiger charge is -2.63. The third kappa shape index (κ3) is 3.97. The van der Waals surface area contributed by atoms with Gasteiger partial charge in [0, 0.05) is 12.3 Å². The molecule has 0 radical (unpaired) electrons. The average Bonchev–Trinajstić information content (AvgIpc) is 3.19. The first kappa shape index (κ1) is 25.0. The van der Waals surface area contributed by atoms with E-state index in [1.54, 1.807) is 0 Å². The van der Waals surface area contributed by atoms with E-state index < -0.39 is 16.5 Å². The molecule has 7 heteroatoms. The number of carbonyl (C=O) groups excluding carboxylic acids is 1. The van der Waals surface area contributed by atoms with Gasteiger partial charge in [-0.2, -0.15) is 8.42 Å². The highest BCUT2D eigenvalue weighted by atomic mass is 32.3. The molecule has 0 aromatic carbocycles. The first-order chi connectivity index (χ1) is 14.2. The molecule has 3 aliphatic carbocycles. The normalized spacial score (nSPS) is 46.4. The minimum absolute atomic E-state index is 0.0662. The number of carbonyl (C=O) groups is 1. The van der Waals surface area contributed by atoms with E-state index in [0.717, 1.165) is 38.5 Å². The van der Waals surface area contributed by atoms with Crippen molar-refractivity contribution in [2.24, 2.45) is 34.0 Å². The Morgan fingerprint density at radius 2 is 1.42 bits per heavy atom. The molecule has 0 bridgehead atoms. The molecule has 7 atom stereocenters. The minimum Gasteiger partial charge on any atom is -0.459 e. The van der Waals surface area contributed by atoms with E-state index in [9.17, 15) is 17.8 Å². The summed E-state index contributed by atoms with van der Waals surface area (Å²) in [6, 6.07) is 0. The van der Waals surface area contributed by atoms with Crippen LogP contribution in [0.1, 0.15) is 99.8 Å². The van der Waals surface area contributed by atoms with Crippen molar-refractivity contribution in [2.75, 3.05) is 0 Å². The monoisotopic (exact) mass is 458 g/mol. The molecule has 4 fully saturated rings. The zero-order valence-electron chi connectivity index (χ0n) is 20.4. The van der Waals surface area contributed by atoms with Crippen LogP contribution in [0.3, 0.4) is 0 Å². The van der Waals surface area contributed by atoms with Gasteiger partial charge in [-0.3, -0.25) is 9.35 Å². The highest BCUT2D eigenvalue weighted by Crippen LogP contribution is 2.71. The van der Waals surface area contributed by atoms with Crippen LogP contribution in [0, 0.1) is 34.0 Å². The molecule has 1 aliphatic heterocycles. The molecule has 0 amide bonds. The van der Waals surface area contributed by atoms with Crippen molar-refractivity contribution in [1.29, 1.82) is 0 Å². The van der Waals surface area contributed by atoms with Crippen LogP contribution in [0.4, 0.5) is 0 Å². The van der Waals surface area contributed by atoms with E-state index in [-0.39, 0.29) is 27.8 Å². The number of cyclic esters (lactones) is 1. The number of esters is 1. The van der Waals surface area contributed by atoms with Crippen LogP contribution in [-0.4, -0.2) is 30.6 Å². The van der Waals surface area contributed by atoms with Gasteiger partial charge >= 0.3 is 16.4 Å². The molecule has 3 saturated carbocycles. The lowest BCUT2D eigenvalue weighted by molar-refractivity contribution is -0.181. The fourth-order valence-electron chi connectivity index (χ4n) is 8.58. The second-order valence-electron chi connectivity index (χ2n) is 11.4. The molecule has 6 nitrogen and oxygen atoms in total. The van der Waals surface area contributed by atoms with Gasteiger partial charge in [0.25, 0.3) is 0 Å². The Bertz CT molecular complexity index is 807. The van der Waals surface area contributed by atoms with Crippen molar-refractivity contribution in [3.63, 3.8) is 0 Å². The van der Waals surface area contributed by atoms with Crippen LogP contribution < -0.4 is 0 Å². The van der Waals surface area contributed by atoms with E-state index in [1.165, 1.54) is 0 Å². The number of hydrogen-bond donors (Lipinski definition) is 1. The number of rotatable bonds is 3. The fourth-order valence-corrected chi connectivity index (χ4v) is 9.22. The Hall–Kier alpha value is -0.660. The van der Waals surface area contributed by atoms with E-state index in [0.29, 0.717) is 30.6 Å². The van der Waals surface area contributed by atoms with E-state index in [4.69, 9.17) is 8.92 Å². The SMILES string of the molecule is CC.CC1(C2CCC3[C@@]2(C)CCC2C(C)(C)[C@@H](OS(=O)(=O)O)CC[C@@]23C)CCC(=O)O1. The van der Waals surface area contributed by atoms with Gasteiger partial charge in [0.1, 0.15) is 5.60 Å². The van der Waals surface area contributed by atoms with Crippen LogP contribution >= 0.6 is 0 Å². The Morgan fingerprint density at radius 3 is 1.97 bits per heavy atom. The lowest BCUT2D eigenvalue weighted by atomic mass is 9.42. The standard InChI is InChI=1S/C22H36O6S.C2H6/c1-19(2)14-8-11-21(4)15(6-7-16(21)22(5)13-10-18(23)27-22)20(14,3)12-9-17(19)28-29(24,25)26;1-2/h14-17H,6-13H2,1-5H3,(H,24,25,26);1-2H3/t14?,15?,16?,17-,20-,21+,22?;/m0./s1. The molecular weight excluding hydrogens is 416 g/mol. The third-order valence-electron chi connectivity index (χ3n) is 9.72. The molecule has 1 saturated heterocycles. The summed E-state index contributed by atoms with van der Waals surface area (Å²) >= 11 is 0. The van der Waals surface area contributed by atoms with Gasteiger partial charge in [-0.1, -0.05) is 41.5 Å². The first-order valence-corrected chi connectivity index (χ1v) is 13.5. The van der Waals surface area contributed by atoms with E-state index >= 15 is 0 Å². The maximum atomic E-state index is 11.9. The van der Waals surface area contributed by atoms with Gasteiger partial charge in [0.2, 0.25) is 0 Å². The molecule has 4 unspecified atom stereocenters. The lowest BCUT2D eigenvalue weighted by Crippen LogP contribution is -2.59. The number of fused-ring (bicyclic) bond motifs is 3. The molecular formula is C24H42O6S. The Balaban J connectivity index is 0.00000132.